The zero-order valence-corrected chi connectivity index (χ0v) is 17.8. The van der Waals surface area contributed by atoms with Gasteiger partial charge in [0, 0.05) is 31.2 Å². The van der Waals surface area contributed by atoms with Gasteiger partial charge in [0.25, 0.3) is 5.91 Å². The number of ether oxygens (including phenoxy) is 1. The van der Waals surface area contributed by atoms with Crippen molar-refractivity contribution in [3.8, 4) is 0 Å². The number of benzene rings is 2. The minimum absolute atomic E-state index is 0.107. The number of halogens is 2. The van der Waals surface area contributed by atoms with Crippen LogP contribution >= 0.6 is 11.6 Å². The van der Waals surface area contributed by atoms with Crippen LogP contribution in [0.5, 0.6) is 0 Å². The third kappa shape index (κ3) is 5.59. The molecule has 2 aromatic rings. The average molecular weight is 448 g/mol. The van der Waals surface area contributed by atoms with Crippen LogP contribution in [0.25, 0.3) is 0 Å². The summed E-state index contributed by atoms with van der Waals surface area (Å²) < 4.78 is 18.7. The van der Waals surface area contributed by atoms with Crippen molar-refractivity contribution in [3.63, 3.8) is 0 Å². The van der Waals surface area contributed by atoms with E-state index in [0.717, 1.165) is 5.56 Å². The van der Waals surface area contributed by atoms with Crippen LogP contribution in [0.15, 0.2) is 48.5 Å². The van der Waals surface area contributed by atoms with Crippen LogP contribution in [0.4, 0.5) is 4.39 Å². The lowest BCUT2D eigenvalue weighted by atomic mass is 10.0. The first-order chi connectivity index (χ1) is 14.9. The van der Waals surface area contributed by atoms with Gasteiger partial charge in [-0.3, -0.25) is 14.5 Å². The van der Waals surface area contributed by atoms with E-state index in [2.05, 4.69) is 5.32 Å². The Morgan fingerprint density at radius 2 is 1.71 bits per heavy atom. The van der Waals surface area contributed by atoms with Gasteiger partial charge in [-0.15, -0.1) is 0 Å². The maximum Gasteiger partial charge on any atom is 0.327 e. The van der Waals surface area contributed by atoms with Gasteiger partial charge in [-0.1, -0.05) is 35.9 Å². The molecule has 0 aromatic heterocycles. The fourth-order valence-corrected chi connectivity index (χ4v) is 3.62. The van der Waals surface area contributed by atoms with Crippen LogP contribution in [0.3, 0.4) is 0 Å². The molecule has 2 amide bonds. The van der Waals surface area contributed by atoms with Crippen molar-refractivity contribution in [2.45, 2.75) is 6.04 Å². The van der Waals surface area contributed by atoms with E-state index in [1.54, 1.807) is 35.2 Å². The highest BCUT2D eigenvalue weighted by Crippen LogP contribution is 2.25. The molecule has 1 atom stereocenters. The summed E-state index contributed by atoms with van der Waals surface area (Å²) in [4.78, 5) is 40.5. The number of methoxy groups -OCH3 is 1. The van der Waals surface area contributed by atoms with E-state index in [4.69, 9.17) is 16.3 Å². The maximum absolute atomic E-state index is 13.7. The second-order valence-electron chi connectivity index (χ2n) is 7.06. The van der Waals surface area contributed by atoms with E-state index < -0.39 is 17.8 Å². The van der Waals surface area contributed by atoms with E-state index in [0.29, 0.717) is 31.2 Å². The molecular weight excluding hydrogens is 425 g/mol. The number of esters is 1. The topological polar surface area (TPSA) is 79.0 Å². The standard InChI is InChI=1S/C22H23ClFN3O4/c1-31-22(30)20(15-6-8-16(23)9-7-15)27-12-10-26(11-13-27)19(28)14-25-21(29)17-4-2-3-5-18(17)24/h2-9,20H,10-14H2,1H3,(H,25,29). The lowest BCUT2D eigenvalue weighted by Gasteiger charge is -2.38. The molecule has 1 unspecified atom stereocenters. The van der Waals surface area contributed by atoms with Gasteiger partial charge in [-0.05, 0) is 29.8 Å². The smallest absolute Gasteiger partial charge is 0.327 e. The second-order valence-corrected chi connectivity index (χ2v) is 7.49. The fraction of sp³-hybridized carbons (Fsp3) is 0.318. The third-order valence-electron chi connectivity index (χ3n) is 5.16. The number of carbonyl (C=O) groups excluding carboxylic acids is 3. The molecule has 1 aliphatic rings. The molecular formula is C22H23ClFN3O4. The number of hydrogen-bond acceptors (Lipinski definition) is 5. The van der Waals surface area contributed by atoms with Crippen LogP contribution in [-0.2, 0) is 14.3 Å². The molecule has 0 saturated carbocycles. The summed E-state index contributed by atoms with van der Waals surface area (Å²) in [6, 6.07) is 12.0. The first-order valence-electron chi connectivity index (χ1n) is 9.78. The zero-order chi connectivity index (χ0) is 22.4. The number of nitrogens with one attached hydrogen (secondary N) is 1. The molecule has 7 nitrogen and oxygen atoms in total. The van der Waals surface area contributed by atoms with E-state index >= 15 is 0 Å². The van der Waals surface area contributed by atoms with Gasteiger partial charge in [0.2, 0.25) is 5.91 Å². The Morgan fingerprint density at radius 3 is 2.32 bits per heavy atom. The SMILES string of the molecule is COC(=O)C(c1ccc(Cl)cc1)N1CCN(C(=O)CNC(=O)c2ccccc2F)CC1. The van der Waals surface area contributed by atoms with Crippen molar-refractivity contribution in [2.75, 3.05) is 39.8 Å². The highest BCUT2D eigenvalue weighted by atomic mass is 35.5. The van der Waals surface area contributed by atoms with E-state index in [1.807, 2.05) is 4.90 Å². The van der Waals surface area contributed by atoms with Gasteiger partial charge in [0.1, 0.15) is 11.9 Å². The molecule has 1 heterocycles. The number of hydrogen-bond donors (Lipinski definition) is 1. The summed E-state index contributed by atoms with van der Waals surface area (Å²) in [6.07, 6.45) is 0. The normalized spacial score (nSPS) is 15.3. The predicted octanol–water partition coefficient (Wildman–Crippen LogP) is 2.27. The van der Waals surface area contributed by atoms with Gasteiger partial charge in [-0.2, -0.15) is 0 Å². The van der Waals surface area contributed by atoms with Crippen LogP contribution in [0, 0.1) is 5.82 Å². The van der Waals surface area contributed by atoms with Gasteiger partial charge >= 0.3 is 5.97 Å². The van der Waals surface area contributed by atoms with Crippen molar-refractivity contribution < 1.29 is 23.5 Å². The van der Waals surface area contributed by atoms with Crippen molar-refractivity contribution >= 4 is 29.4 Å². The maximum atomic E-state index is 13.7. The largest absolute Gasteiger partial charge is 0.468 e. The minimum Gasteiger partial charge on any atom is -0.468 e. The van der Waals surface area contributed by atoms with Crippen LogP contribution in [-0.4, -0.2) is 67.4 Å². The van der Waals surface area contributed by atoms with E-state index in [9.17, 15) is 18.8 Å². The quantitative estimate of drug-likeness (QED) is 0.687. The molecule has 31 heavy (non-hydrogen) atoms. The number of piperazine rings is 1. The van der Waals surface area contributed by atoms with Crippen LogP contribution in [0.2, 0.25) is 5.02 Å². The Morgan fingerprint density at radius 1 is 1.06 bits per heavy atom. The van der Waals surface area contributed by atoms with Crippen molar-refractivity contribution in [1.82, 2.24) is 15.1 Å². The first kappa shape index (κ1) is 22.7. The van der Waals surface area contributed by atoms with Crippen LogP contribution in [0.1, 0.15) is 22.0 Å². The molecule has 2 aromatic carbocycles. The summed E-state index contributed by atoms with van der Waals surface area (Å²) in [5.74, 6) is -1.94. The fourth-order valence-electron chi connectivity index (χ4n) is 3.49. The highest BCUT2D eigenvalue weighted by molar-refractivity contribution is 6.30. The molecule has 1 saturated heterocycles. The lowest BCUT2D eigenvalue weighted by Crippen LogP contribution is -2.53. The Hall–Kier alpha value is -2.97. The van der Waals surface area contributed by atoms with Gasteiger partial charge in [0.15, 0.2) is 0 Å². The Kier molecular flexibility index (Phi) is 7.59. The van der Waals surface area contributed by atoms with Crippen molar-refractivity contribution in [1.29, 1.82) is 0 Å². The zero-order valence-electron chi connectivity index (χ0n) is 17.0. The van der Waals surface area contributed by atoms with Gasteiger partial charge < -0.3 is 15.0 Å². The Bertz CT molecular complexity index is 946. The highest BCUT2D eigenvalue weighted by Gasteiger charge is 2.32. The lowest BCUT2D eigenvalue weighted by molar-refractivity contribution is -0.148. The first-order valence-corrected chi connectivity index (χ1v) is 10.2. The van der Waals surface area contributed by atoms with E-state index in [-0.39, 0.29) is 24.0 Å². The Balaban J connectivity index is 1.56. The number of amides is 2. The van der Waals surface area contributed by atoms with Crippen molar-refractivity contribution in [2.24, 2.45) is 0 Å². The number of carbonyl (C=O) groups is 3. The Labute approximate surface area is 184 Å². The van der Waals surface area contributed by atoms with Gasteiger partial charge in [-0.25, -0.2) is 9.18 Å². The molecule has 0 bridgehead atoms. The van der Waals surface area contributed by atoms with E-state index in [1.165, 1.54) is 25.3 Å². The second kappa shape index (κ2) is 10.4. The summed E-state index contributed by atoms with van der Waals surface area (Å²) in [5.41, 5.74) is 0.650. The van der Waals surface area contributed by atoms with Crippen LogP contribution < -0.4 is 5.32 Å². The molecule has 3 rings (SSSR count). The predicted molar refractivity (Wildman–Crippen MR) is 113 cm³/mol. The number of rotatable bonds is 6. The van der Waals surface area contributed by atoms with Crippen molar-refractivity contribution in [3.05, 3.63) is 70.5 Å². The summed E-state index contributed by atoms with van der Waals surface area (Å²) in [7, 11) is 1.34. The van der Waals surface area contributed by atoms with Gasteiger partial charge in [0.05, 0.1) is 19.2 Å². The molecule has 1 aliphatic heterocycles. The summed E-state index contributed by atoms with van der Waals surface area (Å²) >= 11 is 5.94. The molecule has 0 aliphatic carbocycles. The monoisotopic (exact) mass is 447 g/mol. The number of nitrogens with zero attached hydrogens (tertiary/aromatic N) is 2. The molecule has 0 radical (unpaired) electrons. The molecule has 164 valence electrons. The molecule has 1 fully saturated rings. The summed E-state index contributed by atoms with van der Waals surface area (Å²) in [6.45, 7) is 1.44. The molecule has 9 heteroatoms. The summed E-state index contributed by atoms with van der Waals surface area (Å²) in [5, 5.41) is 3.03. The third-order valence-corrected chi connectivity index (χ3v) is 5.41. The molecule has 1 N–H and O–H groups in total. The minimum atomic E-state index is -0.642. The molecule has 0 spiro atoms. The average Bonchev–Trinajstić information content (AvgIpc) is 2.79.